The molecule has 12 aromatic carbocycles. The van der Waals surface area contributed by atoms with Gasteiger partial charge in [0.2, 0.25) is 0 Å². The van der Waals surface area contributed by atoms with E-state index in [-0.39, 0.29) is 43.3 Å². The second-order valence-corrected chi connectivity index (χ2v) is 34.4. The minimum Gasteiger partial charge on any atom is -0.0683 e. The summed E-state index contributed by atoms with van der Waals surface area (Å²) in [5, 5.41) is 13.8. The molecule has 12 rings (SSSR count). The van der Waals surface area contributed by atoms with E-state index in [0.717, 1.165) is 0 Å². The Labute approximate surface area is 596 Å². The van der Waals surface area contributed by atoms with E-state index < -0.39 is 0 Å². The summed E-state index contributed by atoms with van der Waals surface area (Å²) in [6, 6.07) is 88.2. The molecule has 0 aromatic heterocycles. The van der Waals surface area contributed by atoms with E-state index in [9.17, 15) is 0 Å². The summed E-state index contributed by atoms with van der Waals surface area (Å²) in [4.78, 5) is 0. The number of hydrogen-bond acceptors (Lipinski definition) is 0. The fraction of sp³-hybridized carbons (Fsp3) is 0.367. The van der Waals surface area contributed by atoms with Crippen LogP contribution in [0.4, 0.5) is 0 Å². The van der Waals surface area contributed by atoms with Gasteiger partial charge in [-0.3, -0.25) is 0 Å². The number of rotatable bonds is 2. The molecule has 0 fully saturated rings. The van der Waals surface area contributed by atoms with Crippen LogP contribution in [0.15, 0.2) is 243 Å². The lowest BCUT2D eigenvalue weighted by atomic mass is 9.74. The molecule has 0 nitrogen and oxygen atoms in total. The third-order valence-electron chi connectivity index (χ3n) is 18.2. The van der Waals surface area contributed by atoms with Gasteiger partial charge in [0.25, 0.3) is 0 Å². The van der Waals surface area contributed by atoms with Gasteiger partial charge < -0.3 is 0 Å². The normalized spacial score (nSPS) is 12.1. The quantitative estimate of drug-likeness (QED) is 0.151. The van der Waals surface area contributed by atoms with Crippen LogP contribution in [0.25, 0.3) is 76.1 Å². The molecule has 0 saturated carbocycles. The highest BCUT2D eigenvalue weighted by Crippen LogP contribution is 2.44. The molecule has 0 bridgehead atoms. The van der Waals surface area contributed by atoms with Crippen LogP contribution in [0.2, 0.25) is 0 Å². The lowest BCUT2D eigenvalue weighted by Crippen LogP contribution is -2.17. The van der Waals surface area contributed by atoms with Crippen LogP contribution < -0.4 is 0 Å². The number of fused-ring (bicyclic) bond motifs is 5. The molecule has 0 heterocycles. The van der Waals surface area contributed by atoms with Crippen molar-refractivity contribution < 1.29 is 0 Å². The summed E-state index contributed by atoms with van der Waals surface area (Å²) in [6.07, 6.45) is 0. The fourth-order valence-electron chi connectivity index (χ4n) is 12.8. The molecule has 0 aliphatic carbocycles. The molecule has 12 aromatic rings. The maximum absolute atomic E-state index is 2.34. The molecule has 0 heteroatoms. The van der Waals surface area contributed by atoms with Crippen molar-refractivity contribution in [2.24, 2.45) is 0 Å². The zero-order chi connectivity index (χ0) is 73.0. The second kappa shape index (κ2) is 32.3. The Balaban J connectivity index is 0.000000191. The SMILES string of the molecule is CC.CC.CC(C)(C)c1c2ccccc2c(C(C)(C)C)c2ccccc12.CC(C)(C)c1ccc(C(C)(C)C)c2ccccc12.CC(C)(C)c1ccc2cc(C(C)(C)C)ccc2c1.CC(C)(C)c1ccc2ccc(C(C)(C)C)cc2c1.c1ccc(-c2cccc(-c3ccccc3)c2)cc1. The van der Waals surface area contributed by atoms with E-state index in [2.05, 4.69) is 397 Å². The smallest absolute Gasteiger partial charge is 0.0120 e. The van der Waals surface area contributed by atoms with Crippen LogP contribution in [0, 0.1) is 0 Å². The summed E-state index contributed by atoms with van der Waals surface area (Å²) in [6.45, 7) is 62.8. The van der Waals surface area contributed by atoms with Gasteiger partial charge in [-0.05, 0) is 170 Å². The average Bonchev–Trinajstić information content (AvgIpc) is 0.735. The van der Waals surface area contributed by atoms with Crippen LogP contribution in [0.3, 0.4) is 0 Å². The van der Waals surface area contributed by atoms with E-state index in [1.165, 1.54) is 121 Å². The molecule has 0 radical (unpaired) electrons. The van der Waals surface area contributed by atoms with Gasteiger partial charge in [0.1, 0.15) is 0 Å². The van der Waals surface area contributed by atoms with Crippen molar-refractivity contribution in [3.05, 3.63) is 287 Å². The average molecular weight is 1300 g/mol. The fourth-order valence-corrected chi connectivity index (χ4v) is 12.8. The van der Waals surface area contributed by atoms with Crippen LogP contribution in [-0.2, 0) is 43.3 Å². The first kappa shape index (κ1) is 78.9. The Morgan fingerprint density at radius 2 is 0.398 bits per heavy atom. The van der Waals surface area contributed by atoms with Gasteiger partial charge in [0.15, 0.2) is 0 Å². The van der Waals surface area contributed by atoms with E-state index in [0.29, 0.717) is 0 Å². The zero-order valence-electron chi connectivity index (χ0n) is 66.1. The van der Waals surface area contributed by atoms with Crippen LogP contribution >= 0.6 is 0 Å². The van der Waals surface area contributed by atoms with Gasteiger partial charge >= 0.3 is 0 Å². The Morgan fingerprint density at radius 3 is 0.653 bits per heavy atom. The zero-order valence-corrected chi connectivity index (χ0v) is 66.1. The first-order chi connectivity index (χ1) is 45.7. The van der Waals surface area contributed by atoms with Crippen molar-refractivity contribution in [1.29, 1.82) is 0 Å². The lowest BCUT2D eigenvalue weighted by molar-refractivity contribution is 0.585. The molecule has 516 valence electrons. The monoisotopic (exact) mass is 1300 g/mol. The van der Waals surface area contributed by atoms with Crippen molar-refractivity contribution in [1.82, 2.24) is 0 Å². The second-order valence-electron chi connectivity index (χ2n) is 34.4. The molecule has 0 atom stereocenters. The molecule has 0 aliphatic heterocycles. The maximum Gasteiger partial charge on any atom is -0.0120 e. The molecule has 0 aliphatic rings. The largest absolute Gasteiger partial charge is 0.0683 e. The van der Waals surface area contributed by atoms with Gasteiger partial charge in [-0.1, -0.05) is 430 Å². The Kier molecular flexibility index (Phi) is 26.0. The van der Waals surface area contributed by atoms with E-state index >= 15 is 0 Å². The van der Waals surface area contributed by atoms with Gasteiger partial charge in [-0.2, -0.15) is 0 Å². The molecule has 0 spiro atoms. The Morgan fingerprint density at radius 1 is 0.163 bits per heavy atom. The van der Waals surface area contributed by atoms with Gasteiger partial charge in [-0.15, -0.1) is 0 Å². The molecule has 98 heavy (non-hydrogen) atoms. The Bertz CT molecular complexity index is 4170. The third-order valence-corrected chi connectivity index (χ3v) is 18.2. The predicted molar refractivity (Wildman–Crippen MR) is 443 cm³/mol. The first-order valence-electron chi connectivity index (χ1n) is 36.5. The van der Waals surface area contributed by atoms with Crippen molar-refractivity contribution in [3.8, 4) is 22.3 Å². The van der Waals surface area contributed by atoms with E-state index in [4.69, 9.17) is 0 Å². The molecule has 0 N–H and O–H groups in total. The first-order valence-corrected chi connectivity index (χ1v) is 36.5. The minimum atomic E-state index is 0.121. The van der Waals surface area contributed by atoms with Crippen molar-refractivity contribution in [2.45, 2.75) is 237 Å². The van der Waals surface area contributed by atoms with Crippen molar-refractivity contribution in [3.63, 3.8) is 0 Å². The molecular formula is C98H124. The summed E-state index contributed by atoms with van der Waals surface area (Å²) in [7, 11) is 0. The summed E-state index contributed by atoms with van der Waals surface area (Å²) in [5.41, 5.74) is 17.9. The third kappa shape index (κ3) is 20.5. The lowest BCUT2D eigenvalue weighted by Gasteiger charge is -2.30. The van der Waals surface area contributed by atoms with E-state index in [1.807, 2.05) is 39.8 Å². The van der Waals surface area contributed by atoms with Gasteiger partial charge in [-0.25, -0.2) is 0 Å². The van der Waals surface area contributed by atoms with Crippen molar-refractivity contribution >= 4 is 53.9 Å². The van der Waals surface area contributed by atoms with Crippen LogP contribution in [0.1, 0.15) is 238 Å². The number of hydrogen-bond donors (Lipinski definition) is 0. The number of benzene rings is 12. The highest BCUT2D eigenvalue weighted by atomic mass is 14.3. The topological polar surface area (TPSA) is 0 Å². The summed E-state index contributed by atoms with van der Waals surface area (Å²) < 4.78 is 0. The van der Waals surface area contributed by atoms with E-state index in [1.54, 1.807) is 0 Å². The summed E-state index contributed by atoms with van der Waals surface area (Å²) >= 11 is 0. The van der Waals surface area contributed by atoms with Gasteiger partial charge in [0.05, 0.1) is 0 Å². The van der Waals surface area contributed by atoms with Gasteiger partial charge in [0, 0.05) is 0 Å². The van der Waals surface area contributed by atoms with Crippen LogP contribution in [0.5, 0.6) is 0 Å². The highest BCUT2D eigenvalue weighted by molar-refractivity contribution is 6.07. The Hall–Kier alpha value is -8.06. The molecule has 0 amide bonds. The standard InChI is InChI=1S/C22H26.C18H14.3C18H24.2C2H6/c1-21(2,3)19-15-11-7-9-13-17(15)20(22(4,5)6)18-14-10-8-12-16(18)19;1-3-8-15(9-4-1)17-12-7-13-18(14-17)16-10-5-2-6-11-16;1-17(2,3)15-9-7-14-12-16(18(4,5)6)10-8-13(14)11-15;1-17(2,3)15-9-7-13-8-10-16(18(4,5)6)12-14(13)11-15;1-17(2,3)15-11-12-16(18(4,5)6)14-10-8-7-9-13(14)15;2*1-2/h7-14H,1-6H3;1-14H;3*7-12H,1-6H3;2*1-2H3. The molecular weight excluding hydrogens is 1180 g/mol. The molecule has 0 unspecified atom stereocenters. The molecule has 0 saturated heterocycles. The highest BCUT2D eigenvalue weighted by Gasteiger charge is 2.28. The summed E-state index contributed by atoms with van der Waals surface area (Å²) in [5.74, 6) is 0. The predicted octanol–water partition coefficient (Wildman–Crippen LogP) is 30.0. The van der Waals surface area contributed by atoms with Crippen molar-refractivity contribution in [2.75, 3.05) is 0 Å². The van der Waals surface area contributed by atoms with Crippen LogP contribution in [-0.4, -0.2) is 0 Å². The minimum absolute atomic E-state index is 0.121. The maximum atomic E-state index is 2.34.